The summed E-state index contributed by atoms with van der Waals surface area (Å²) >= 11 is 5.90. The van der Waals surface area contributed by atoms with E-state index in [4.69, 9.17) is 16.3 Å². The van der Waals surface area contributed by atoms with E-state index in [0.717, 1.165) is 18.4 Å². The van der Waals surface area contributed by atoms with Gasteiger partial charge in [0.15, 0.2) is 0 Å². The third-order valence-corrected chi connectivity index (χ3v) is 4.09. The van der Waals surface area contributed by atoms with Gasteiger partial charge in [-0.15, -0.1) is 0 Å². The van der Waals surface area contributed by atoms with E-state index in [0.29, 0.717) is 22.9 Å². The summed E-state index contributed by atoms with van der Waals surface area (Å²) in [5.74, 6) is -0.0513. The predicted octanol–water partition coefficient (Wildman–Crippen LogP) is 4.04. The highest BCUT2D eigenvalue weighted by Gasteiger charge is 2.14. The number of methoxy groups -OCH3 is 1. The Balaban J connectivity index is 2.20. The van der Waals surface area contributed by atoms with Gasteiger partial charge >= 0.3 is 0 Å². The van der Waals surface area contributed by atoms with Crippen LogP contribution in [0.4, 0.5) is 0 Å². The molecule has 2 N–H and O–H groups in total. The molecule has 0 aliphatic heterocycles. The fourth-order valence-corrected chi connectivity index (χ4v) is 2.42. The normalized spacial score (nSPS) is 11.0. The summed E-state index contributed by atoms with van der Waals surface area (Å²) in [4.78, 5) is 25.1. The number of halogens is 1. The van der Waals surface area contributed by atoms with Gasteiger partial charge in [0.1, 0.15) is 11.4 Å². The summed E-state index contributed by atoms with van der Waals surface area (Å²) in [7, 11) is 1.56. The molecule has 0 saturated carbocycles. The van der Waals surface area contributed by atoms with Crippen molar-refractivity contribution < 1.29 is 14.3 Å². The van der Waals surface area contributed by atoms with E-state index >= 15 is 0 Å². The second-order valence-corrected chi connectivity index (χ2v) is 6.34. The van der Waals surface area contributed by atoms with Crippen LogP contribution in [0.5, 0.6) is 5.75 Å². The molecule has 0 bridgehead atoms. The van der Waals surface area contributed by atoms with Crippen LogP contribution in [-0.4, -0.2) is 25.5 Å². The van der Waals surface area contributed by atoms with Gasteiger partial charge in [-0.1, -0.05) is 37.1 Å². The van der Waals surface area contributed by atoms with E-state index < -0.39 is 0 Å². The number of hydrogen-bond donors (Lipinski definition) is 2. The highest BCUT2D eigenvalue weighted by atomic mass is 35.5. The third-order valence-electron chi connectivity index (χ3n) is 3.84. The second kappa shape index (κ2) is 10.4. The van der Waals surface area contributed by atoms with Crippen molar-refractivity contribution in [1.29, 1.82) is 0 Å². The van der Waals surface area contributed by atoms with Crippen molar-refractivity contribution in [3.63, 3.8) is 0 Å². The fourth-order valence-electron chi connectivity index (χ4n) is 2.29. The molecule has 2 rings (SSSR count). The minimum atomic E-state index is -0.372. The number of amides is 2. The Labute approximate surface area is 164 Å². The minimum Gasteiger partial charge on any atom is -0.497 e. The Bertz CT molecular complexity index is 799. The summed E-state index contributed by atoms with van der Waals surface area (Å²) in [5, 5.41) is 6.12. The van der Waals surface area contributed by atoms with Gasteiger partial charge in [-0.3, -0.25) is 9.59 Å². The third kappa shape index (κ3) is 6.46. The molecule has 5 nitrogen and oxygen atoms in total. The first-order valence-electron chi connectivity index (χ1n) is 8.74. The van der Waals surface area contributed by atoms with E-state index in [1.54, 1.807) is 61.7 Å². The van der Waals surface area contributed by atoms with Crippen molar-refractivity contribution in [2.75, 3.05) is 13.7 Å². The Hall–Kier alpha value is -2.79. The quantitative estimate of drug-likeness (QED) is 0.531. The lowest BCUT2D eigenvalue weighted by molar-refractivity contribution is -0.117. The number of nitrogens with one attached hydrogen (secondary N) is 2. The monoisotopic (exact) mass is 386 g/mol. The molecule has 0 spiro atoms. The zero-order valence-corrected chi connectivity index (χ0v) is 16.2. The molecule has 0 fully saturated rings. The number of carbonyl (C=O) groups is 2. The first-order valence-corrected chi connectivity index (χ1v) is 9.12. The molecule has 0 atom stereocenters. The van der Waals surface area contributed by atoms with Crippen molar-refractivity contribution >= 4 is 29.5 Å². The van der Waals surface area contributed by atoms with Gasteiger partial charge in [-0.25, -0.2) is 0 Å². The molecule has 27 heavy (non-hydrogen) atoms. The topological polar surface area (TPSA) is 67.4 Å². The van der Waals surface area contributed by atoms with Crippen LogP contribution < -0.4 is 15.4 Å². The van der Waals surface area contributed by atoms with Crippen LogP contribution in [0.25, 0.3) is 6.08 Å². The number of rotatable bonds is 8. The first-order chi connectivity index (χ1) is 13.0. The molecule has 0 unspecified atom stereocenters. The molecule has 2 amide bonds. The molecule has 0 aliphatic carbocycles. The molecule has 2 aromatic carbocycles. The molecule has 0 aromatic heterocycles. The van der Waals surface area contributed by atoms with Crippen LogP contribution in [0.15, 0.2) is 54.2 Å². The van der Waals surface area contributed by atoms with Crippen LogP contribution in [0.3, 0.4) is 0 Å². The lowest BCUT2D eigenvalue weighted by Gasteiger charge is -2.11. The first kappa shape index (κ1) is 20.5. The van der Waals surface area contributed by atoms with E-state index in [1.165, 1.54) is 0 Å². The van der Waals surface area contributed by atoms with Crippen LogP contribution in [0.1, 0.15) is 35.7 Å². The molecular formula is C21H23ClN2O3. The molecule has 0 heterocycles. The molecule has 0 aliphatic rings. The van der Waals surface area contributed by atoms with E-state index in [1.807, 2.05) is 6.92 Å². The predicted molar refractivity (Wildman–Crippen MR) is 108 cm³/mol. The molecule has 6 heteroatoms. The summed E-state index contributed by atoms with van der Waals surface area (Å²) in [6.45, 7) is 2.59. The number of unbranched alkanes of at least 4 members (excludes halogenated alkanes) is 1. The minimum absolute atomic E-state index is 0.175. The molecule has 0 radical (unpaired) electrons. The Kier molecular flexibility index (Phi) is 7.89. The lowest BCUT2D eigenvalue weighted by Crippen LogP contribution is -2.35. The van der Waals surface area contributed by atoms with Gasteiger partial charge in [0.05, 0.1) is 7.11 Å². The van der Waals surface area contributed by atoms with Gasteiger partial charge in [-0.05, 0) is 54.5 Å². The van der Waals surface area contributed by atoms with Crippen LogP contribution in [0.2, 0.25) is 5.02 Å². The van der Waals surface area contributed by atoms with E-state index in [-0.39, 0.29) is 17.5 Å². The summed E-state index contributed by atoms with van der Waals surface area (Å²) < 4.78 is 5.09. The van der Waals surface area contributed by atoms with E-state index in [9.17, 15) is 9.59 Å². The molecular weight excluding hydrogens is 364 g/mol. The number of benzene rings is 2. The van der Waals surface area contributed by atoms with Gasteiger partial charge in [0, 0.05) is 17.1 Å². The summed E-state index contributed by atoms with van der Waals surface area (Å²) in [6.07, 6.45) is 3.46. The van der Waals surface area contributed by atoms with Crippen molar-refractivity contribution in [2.45, 2.75) is 19.8 Å². The largest absolute Gasteiger partial charge is 0.497 e. The fraction of sp³-hybridized carbons (Fsp3) is 0.238. The molecule has 2 aromatic rings. The SMILES string of the molecule is CCCCNC(=O)/C(=C/c1ccc(Cl)cc1)NC(=O)c1ccc(OC)cc1. The average molecular weight is 387 g/mol. The maximum atomic E-state index is 12.5. The zero-order valence-electron chi connectivity index (χ0n) is 15.4. The maximum Gasteiger partial charge on any atom is 0.267 e. The Morgan fingerprint density at radius 2 is 1.74 bits per heavy atom. The lowest BCUT2D eigenvalue weighted by atomic mass is 10.1. The Morgan fingerprint density at radius 1 is 1.07 bits per heavy atom. The molecule has 142 valence electrons. The Morgan fingerprint density at radius 3 is 2.33 bits per heavy atom. The second-order valence-electron chi connectivity index (χ2n) is 5.90. The number of ether oxygens (including phenoxy) is 1. The maximum absolute atomic E-state index is 12.5. The standard InChI is InChI=1S/C21H23ClN2O3/c1-3-4-13-23-21(26)19(14-15-5-9-17(22)10-6-15)24-20(25)16-7-11-18(27-2)12-8-16/h5-12,14H,3-4,13H2,1-2H3,(H,23,26)(H,24,25)/b19-14-. The van der Waals surface area contributed by atoms with Gasteiger partial charge in [-0.2, -0.15) is 0 Å². The highest BCUT2D eigenvalue weighted by molar-refractivity contribution is 6.30. The van der Waals surface area contributed by atoms with Crippen molar-refractivity contribution in [3.8, 4) is 5.75 Å². The van der Waals surface area contributed by atoms with Gasteiger partial charge < -0.3 is 15.4 Å². The van der Waals surface area contributed by atoms with Crippen LogP contribution in [-0.2, 0) is 4.79 Å². The number of hydrogen-bond acceptors (Lipinski definition) is 3. The van der Waals surface area contributed by atoms with Gasteiger partial charge in [0.25, 0.3) is 11.8 Å². The van der Waals surface area contributed by atoms with Crippen molar-refractivity contribution in [2.24, 2.45) is 0 Å². The van der Waals surface area contributed by atoms with Crippen LogP contribution >= 0.6 is 11.6 Å². The van der Waals surface area contributed by atoms with E-state index in [2.05, 4.69) is 10.6 Å². The van der Waals surface area contributed by atoms with Gasteiger partial charge in [0.2, 0.25) is 0 Å². The average Bonchev–Trinajstić information content (AvgIpc) is 2.69. The smallest absolute Gasteiger partial charge is 0.267 e. The highest BCUT2D eigenvalue weighted by Crippen LogP contribution is 2.14. The van der Waals surface area contributed by atoms with Crippen molar-refractivity contribution in [1.82, 2.24) is 10.6 Å². The zero-order chi connectivity index (χ0) is 19.6. The molecule has 0 saturated heterocycles. The van der Waals surface area contributed by atoms with Crippen LogP contribution in [0, 0.1) is 0 Å². The van der Waals surface area contributed by atoms with Crippen molar-refractivity contribution in [3.05, 3.63) is 70.4 Å². The summed E-state index contributed by atoms with van der Waals surface area (Å²) in [5.41, 5.74) is 1.36. The number of carbonyl (C=O) groups excluding carboxylic acids is 2. The summed E-state index contributed by atoms with van der Waals surface area (Å²) in [6, 6.07) is 13.7.